The van der Waals surface area contributed by atoms with Crippen LogP contribution in [0.2, 0.25) is 0 Å². The maximum absolute atomic E-state index is 11.6. The van der Waals surface area contributed by atoms with E-state index in [1.54, 1.807) is 14.0 Å². The lowest BCUT2D eigenvalue weighted by Crippen LogP contribution is -2.38. The van der Waals surface area contributed by atoms with Crippen molar-refractivity contribution >= 4 is 40.0 Å². The average molecular weight is 462 g/mol. The Morgan fingerprint density at radius 2 is 1.83 bits per heavy atom. The van der Waals surface area contributed by atoms with Gasteiger partial charge in [0.05, 0.1) is 5.75 Å². The van der Waals surface area contributed by atoms with Crippen molar-refractivity contribution in [3.63, 3.8) is 0 Å². The van der Waals surface area contributed by atoms with Crippen molar-refractivity contribution in [1.29, 1.82) is 0 Å². The summed E-state index contributed by atoms with van der Waals surface area (Å²) in [6, 6.07) is 0. The van der Waals surface area contributed by atoms with Crippen molar-refractivity contribution in [2.24, 2.45) is 10.9 Å². The zero-order valence-corrected chi connectivity index (χ0v) is 18.4. The molecule has 0 aliphatic heterocycles. The molecule has 0 atom stereocenters. The second-order valence-electron chi connectivity index (χ2n) is 5.80. The largest absolute Gasteiger partial charge is 0.357 e. The third-order valence-corrected chi connectivity index (χ3v) is 5.20. The van der Waals surface area contributed by atoms with E-state index in [1.165, 1.54) is 10.7 Å². The highest BCUT2D eigenvalue weighted by atomic mass is 127. The van der Waals surface area contributed by atoms with Crippen LogP contribution in [0.4, 0.5) is 0 Å². The minimum absolute atomic E-state index is 0. The van der Waals surface area contributed by atoms with Gasteiger partial charge in [-0.1, -0.05) is 13.8 Å². The van der Waals surface area contributed by atoms with Crippen molar-refractivity contribution in [2.75, 3.05) is 39.0 Å². The number of aliphatic imine (C=N–C) groups is 1. The van der Waals surface area contributed by atoms with Crippen LogP contribution >= 0.6 is 24.0 Å². The Morgan fingerprint density at radius 1 is 1.17 bits per heavy atom. The van der Waals surface area contributed by atoms with Crippen LogP contribution < -0.4 is 10.6 Å². The molecule has 0 aromatic heterocycles. The van der Waals surface area contributed by atoms with Gasteiger partial charge in [-0.05, 0) is 39.0 Å². The molecule has 0 radical (unpaired) electrons. The third kappa shape index (κ3) is 12.9. The number of nitrogens with one attached hydrogen (secondary N) is 2. The van der Waals surface area contributed by atoms with Gasteiger partial charge in [-0.25, -0.2) is 12.7 Å². The molecule has 140 valence electrons. The summed E-state index contributed by atoms with van der Waals surface area (Å²) < 4.78 is 24.7. The fourth-order valence-electron chi connectivity index (χ4n) is 1.90. The van der Waals surface area contributed by atoms with E-state index in [0.717, 1.165) is 37.8 Å². The first kappa shape index (κ1) is 25.2. The summed E-state index contributed by atoms with van der Waals surface area (Å²) in [7, 11) is -1.46. The molecule has 0 unspecified atom stereocenters. The quantitative estimate of drug-likeness (QED) is 0.214. The van der Waals surface area contributed by atoms with E-state index in [9.17, 15) is 8.42 Å². The van der Waals surface area contributed by atoms with Gasteiger partial charge in [0, 0.05) is 33.2 Å². The Kier molecular flexibility index (Phi) is 15.6. The van der Waals surface area contributed by atoms with E-state index in [2.05, 4.69) is 29.5 Å². The molecule has 0 saturated carbocycles. The van der Waals surface area contributed by atoms with Gasteiger partial charge in [-0.15, -0.1) is 24.0 Å². The fraction of sp³-hybridized carbons (Fsp3) is 0.933. The Labute approximate surface area is 160 Å². The van der Waals surface area contributed by atoms with Crippen LogP contribution in [0.25, 0.3) is 0 Å². The first-order chi connectivity index (χ1) is 10.3. The standard InChI is InChI=1S/C15H34N4O2S.HI/c1-6-16-15(17-11-8-10-14(3)4)18-12-9-13-19(5)22(20,21)7-2;/h14H,6-13H2,1-5H3,(H2,16,17,18);1H. The van der Waals surface area contributed by atoms with Crippen molar-refractivity contribution in [3.8, 4) is 0 Å². The number of halogens is 1. The van der Waals surface area contributed by atoms with Gasteiger partial charge >= 0.3 is 0 Å². The highest BCUT2D eigenvalue weighted by molar-refractivity contribution is 14.0. The van der Waals surface area contributed by atoms with Crippen LogP contribution in [0.1, 0.15) is 47.0 Å². The molecular formula is C15H35IN4O2S. The van der Waals surface area contributed by atoms with Crippen molar-refractivity contribution < 1.29 is 8.42 Å². The normalized spacial score (nSPS) is 12.4. The maximum atomic E-state index is 11.6. The molecule has 0 aliphatic rings. The van der Waals surface area contributed by atoms with Gasteiger partial charge in [0.2, 0.25) is 10.0 Å². The van der Waals surface area contributed by atoms with Crippen LogP contribution in [0.3, 0.4) is 0 Å². The van der Waals surface area contributed by atoms with Crippen LogP contribution in [0.5, 0.6) is 0 Å². The second kappa shape index (κ2) is 14.3. The molecule has 0 bridgehead atoms. The molecule has 0 aromatic carbocycles. The molecule has 0 spiro atoms. The lowest BCUT2D eigenvalue weighted by molar-refractivity contribution is 0.464. The summed E-state index contributed by atoms with van der Waals surface area (Å²) in [5.41, 5.74) is 0. The number of hydrogen-bond donors (Lipinski definition) is 2. The minimum Gasteiger partial charge on any atom is -0.357 e. The zero-order valence-electron chi connectivity index (χ0n) is 15.3. The summed E-state index contributed by atoms with van der Waals surface area (Å²) in [5, 5.41) is 6.52. The van der Waals surface area contributed by atoms with Gasteiger partial charge in [0.15, 0.2) is 5.96 Å². The summed E-state index contributed by atoms with van der Waals surface area (Å²) in [5.74, 6) is 1.68. The van der Waals surface area contributed by atoms with Crippen molar-refractivity contribution in [3.05, 3.63) is 0 Å². The summed E-state index contributed by atoms with van der Waals surface area (Å²) in [6.07, 6.45) is 3.05. The predicted molar refractivity (Wildman–Crippen MR) is 110 cm³/mol. The molecule has 0 aromatic rings. The van der Waals surface area contributed by atoms with E-state index < -0.39 is 10.0 Å². The van der Waals surface area contributed by atoms with E-state index in [0.29, 0.717) is 13.1 Å². The Morgan fingerprint density at radius 3 is 2.35 bits per heavy atom. The van der Waals surface area contributed by atoms with Gasteiger partial charge in [0.1, 0.15) is 0 Å². The molecule has 0 aliphatic carbocycles. The SMILES string of the molecule is CCNC(=NCCCN(C)S(=O)(=O)CC)NCCCC(C)C.I. The van der Waals surface area contributed by atoms with Crippen molar-refractivity contribution in [1.82, 2.24) is 14.9 Å². The van der Waals surface area contributed by atoms with Gasteiger partial charge in [0.25, 0.3) is 0 Å². The molecule has 8 heteroatoms. The Balaban J connectivity index is 0. The van der Waals surface area contributed by atoms with Gasteiger partial charge < -0.3 is 10.6 Å². The smallest absolute Gasteiger partial charge is 0.213 e. The minimum atomic E-state index is -3.08. The second-order valence-corrected chi connectivity index (χ2v) is 8.16. The molecule has 6 nitrogen and oxygen atoms in total. The number of hydrogen-bond acceptors (Lipinski definition) is 3. The van der Waals surface area contributed by atoms with Gasteiger partial charge in [-0.2, -0.15) is 0 Å². The maximum Gasteiger partial charge on any atom is 0.213 e. The molecule has 0 rings (SSSR count). The molecular weight excluding hydrogens is 427 g/mol. The number of nitrogens with zero attached hydrogens (tertiary/aromatic N) is 2. The van der Waals surface area contributed by atoms with Crippen LogP contribution in [0.15, 0.2) is 4.99 Å². The zero-order chi connectivity index (χ0) is 17.0. The monoisotopic (exact) mass is 462 g/mol. The van der Waals surface area contributed by atoms with E-state index in [1.807, 2.05) is 6.92 Å². The molecule has 0 heterocycles. The third-order valence-electron chi connectivity index (χ3n) is 3.34. The van der Waals surface area contributed by atoms with E-state index in [4.69, 9.17) is 0 Å². The first-order valence-corrected chi connectivity index (χ1v) is 9.90. The highest BCUT2D eigenvalue weighted by Crippen LogP contribution is 2.01. The van der Waals surface area contributed by atoms with Crippen molar-refractivity contribution in [2.45, 2.75) is 47.0 Å². The molecule has 0 saturated heterocycles. The lowest BCUT2D eigenvalue weighted by Gasteiger charge is -2.15. The fourth-order valence-corrected chi connectivity index (χ4v) is 2.75. The van der Waals surface area contributed by atoms with Crippen LogP contribution in [-0.2, 0) is 10.0 Å². The molecule has 0 fully saturated rings. The number of sulfonamides is 1. The first-order valence-electron chi connectivity index (χ1n) is 8.29. The highest BCUT2D eigenvalue weighted by Gasteiger charge is 2.13. The summed E-state index contributed by atoms with van der Waals surface area (Å²) in [4.78, 5) is 4.48. The van der Waals surface area contributed by atoms with E-state index >= 15 is 0 Å². The molecule has 0 amide bonds. The summed E-state index contributed by atoms with van der Waals surface area (Å²) >= 11 is 0. The summed E-state index contributed by atoms with van der Waals surface area (Å²) in [6.45, 7) is 11.0. The molecule has 2 N–H and O–H groups in total. The Hall–Kier alpha value is -0.0900. The Bertz CT molecular complexity index is 414. The number of rotatable bonds is 11. The average Bonchev–Trinajstić information content (AvgIpc) is 2.47. The molecule has 23 heavy (non-hydrogen) atoms. The topological polar surface area (TPSA) is 73.8 Å². The number of guanidine groups is 1. The lowest BCUT2D eigenvalue weighted by atomic mass is 10.1. The predicted octanol–water partition coefficient (Wildman–Crippen LogP) is 2.27. The van der Waals surface area contributed by atoms with Gasteiger partial charge in [-0.3, -0.25) is 4.99 Å². The van der Waals surface area contributed by atoms with Crippen LogP contribution in [0, 0.1) is 5.92 Å². The van der Waals surface area contributed by atoms with E-state index in [-0.39, 0.29) is 29.7 Å². The van der Waals surface area contributed by atoms with Crippen LogP contribution in [-0.4, -0.2) is 57.7 Å².